The van der Waals surface area contributed by atoms with Crippen LogP contribution in [0.2, 0.25) is 0 Å². The van der Waals surface area contributed by atoms with Crippen molar-refractivity contribution in [1.82, 2.24) is 14.5 Å². The number of Topliss-reactive ketones (excluding diaryl/α,β-unsaturated/α-hetero) is 1. The van der Waals surface area contributed by atoms with Crippen LogP contribution >= 0.6 is 0 Å². The van der Waals surface area contributed by atoms with Crippen LogP contribution in [0.15, 0.2) is 55.4 Å². The molecule has 1 unspecified atom stereocenters. The predicted octanol–water partition coefficient (Wildman–Crippen LogP) is 4.69. The number of fused-ring (bicyclic) bond motifs is 1. The minimum atomic E-state index is 0.0243. The summed E-state index contributed by atoms with van der Waals surface area (Å²) in [7, 11) is 0. The fourth-order valence-electron chi connectivity index (χ4n) is 4.13. The first-order valence-electron chi connectivity index (χ1n) is 10.8. The van der Waals surface area contributed by atoms with Crippen LogP contribution in [0.1, 0.15) is 53.7 Å². The summed E-state index contributed by atoms with van der Waals surface area (Å²) in [6.45, 7) is 5.11. The number of carbonyl (C=O) groups is 1. The van der Waals surface area contributed by atoms with Crippen molar-refractivity contribution in [3.63, 3.8) is 0 Å². The number of benzene rings is 1. The Hall–Kier alpha value is -2.95. The van der Waals surface area contributed by atoms with E-state index in [-0.39, 0.29) is 11.9 Å². The molecular formula is C25H29N3O2. The van der Waals surface area contributed by atoms with Crippen molar-refractivity contribution in [1.29, 1.82) is 0 Å². The molecule has 0 saturated heterocycles. The molecule has 0 amide bonds. The second kappa shape index (κ2) is 9.24. The summed E-state index contributed by atoms with van der Waals surface area (Å²) in [6.07, 6.45) is 13.5. The summed E-state index contributed by atoms with van der Waals surface area (Å²) in [5.41, 5.74) is 4.50. The molecule has 0 spiro atoms. The van der Waals surface area contributed by atoms with Crippen LogP contribution in [0, 0.1) is 5.92 Å². The zero-order valence-electron chi connectivity index (χ0n) is 17.8. The third-order valence-corrected chi connectivity index (χ3v) is 5.90. The number of pyridine rings is 1. The summed E-state index contributed by atoms with van der Waals surface area (Å²) >= 11 is 0. The van der Waals surface area contributed by atoms with E-state index in [9.17, 15) is 4.79 Å². The Morgan fingerprint density at radius 2 is 1.87 bits per heavy atom. The molecule has 30 heavy (non-hydrogen) atoms. The Bertz CT molecular complexity index is 981. The fraction of sp³-hybridized carbons (Fsp3) is 0.400. The zero-order chi connectivity index (χ0) is 20.9. The van der Waals surface area contributed by atoms with Crippen molar-refractivity contribution in [2.24, 2.45) is 5.92 Å². The maximum absolute atomic E-state index is 12.5. The van der Waals surface area contributed by atoms with Gasteiger partial charge in [-0.15, -0.1) is 0 Å². The fourth-order valence-corrected chi connectivity index (χ4v) is 4.13. The van der Waals surface area contributed by atoms with Gasteiger partial charge in [-0.2, -0.15) is 0 Å². The van der Waals surface area contributed by atoms with Gasteiger partial charge in [0, 0.05) is 36.8 Å². The van der Waals surface area contributed by atoms with Crippen molar-refractivity contribution in [3.05, 3.63) is 77.6 Å². The molecule has 0 bridgehead atoms. The van der Waals surface area contributed by atoms with E-state index in [4.69, 9.17) is 4.74 Å². The standard InChI is InChI=1S/C25H29N3O2/c1-18(2)25(16-28-15-14-27-17-28)30-24-9-8-21-20(4-3-5-23(21)29)22(24)7-6-19-10-12-26-13-11-19/h8-15,17-18,25H,3-7,16H2,1-2H3. The Morgan fingerprint density at radius 3 is 2.60 bits per heavy atom. The van der Waals surface area contributed by atoms with E-state index in [0.29, 0.717) is 12.3 Å². The van der Waals surface area contributed by atoms with Crippen LogP contribution < -0.4 is 4.74 Å². The van der Waals surface area contributed by atoms with Crippen LogP contribution in [0.4, 0.5) is 0 Å². The number of aromatic nitrogens is 3. The molecule has 2 aromatic heterocycles. The van der Waals surface area contributed by atoms with E-state index in [1.165, 1.54) is 16.7 Å². The van der Waals surface area contributed by atoms with Crippen LogP contribution in [-0.2, 0) is 25.8 Å². The molecule has 1 aliphatic carbocycles. The minimum absolute atomic E-state index is 0.0243. The number of hydrogen-bond donors (Lipinski definition) is 0. The number of ether oxygens (including phenoxy) is 1. The number of carbonyl (C=O) groups excluding carboxylic acids is 1. The van der Waals surface area contributed by atoms with Gasteiger partial charge in [-0.25, -0.2) is 4.98 Å². The molecule has 5 nitrogen and oxygen atoms in total. The molecule has 0 aliphatic heterocycles. The van der Waals surface area contributed by atoms with Gasteiger partial charge in [-0.3, -0.25) is 9.78 Å². The van der Waals surface area contributed by atoms with Gasteiger partial charge in [0.2, 0.25) is 0 Å². The molecule has 1 atom stereocenters. The SMILES string of the molecule is CC(C)C(Cn1ccnc1)Oc1ccc2c(c1CCc1ccncc1)CCCC2=O. The maximum atomic E-state index is 12.5. The molecule has 5 heteroatoms. The topological polar surface area (TPSA) is 57.0 Å². The molecular weight excluding hydrogens is 374 g/mol. The molecule has 0 saturated carbocycles. The van der Waals surface area contributed by atoms with E-state index in [2.05, 4.69) is 40.5 Å². The number of aryl methyl sites for hydroxylation is 1. The molecule has 1 aromatic carbocycles. The quantitative estimate of drug-likeness (QED) is 0.548. The summed E-state index contributed by atoms with van der Waals surface area (Å²) in [4.78, 5) is 20.8. The lowest BCUT2D eigenvalue weighted by Crippen LogP contribution is -2.29. The Labute approximate surface area is 178 Å². The van der Waals surface area contributed by atoms with Crippen LogP contribution in [-0.4, -0.2) is 26.4 Å². The molecule has 1 aliphatic rings. The second-order valence-corrected chi connectivity index (χ2v) is 8.36. The molecule has 4 rings (SSSR count). The largest absolute Gasteiger partial charge is 0.488 e. The molecule has 3 aromatic rings. The highest BCUT2D eigenvalue weighted by molar-refractivity contribution is 5.99. The van der Waals surface area contributed by atoms with Crippen LogP contribution in [0.5, 0.6) is 5.75 Å². The highest BCUT2D eigenvalue weighted by atomic mass is 16.5. The highest BCUT2D eigenvalue weighted by Gasteiger charge is 2.24. The van der Waals surface area contributed by atoms with Gasteiger partial charge in [0.25, 0.3) is 0 Å². The first-order valence-corrected chi connectivity index (χ1v) is 10.8. The first kappa shape index (κ1) is 20.3. The first-order chi connectivity index (χ1) is 14.6. The lowest BCUT2D eigenvalue weighted by molar-refractivity contribution is 0.0971. The molecule has 0 N–H and O–H groups in total. The van der Waals surface area contributed by atoms with Gasteiger partial charge in [0.1, 0.15) is 11.9 Å². The lowest BCUT2D eigenvalue weighted by Gasteiger charge is -2.27. The summed E-state index contributed by atoms with van der Waals surface area (Å²) in [5, 5.41) is 0. The van der Waals surface area contributed by atoms with Crippen molar-refractivity contribution in [2.75, 3.05) is 0 Å². The van der Waals surface area contributed by atoms with Gasteiger partial charge >= 0.3 is 0 Å². The van der Waals surface area contributed by atoms with E-state index >= 15 is 0 Å². The highest BCUT2D eigenvalue weighted by Crippen LogP contribution is 2.33. The third-order valence-electron chi connectivity index (χ3n) is 5.90. The summed E-state index contributed by atoms with van der Waals surface area (Å²) in [6, 6.07) is 8.08. The number of ketones is 1. The van der Waals surface area contributed by atoms with E-state index in [1.54, 1.807) is 6.20 Å². The van der Waals surface area contributed by atoms with E-state index in [1.807, 2.05) is 37.1 Å². The number of nitrogens with zero attached hydrogens (tertiary/aromatic N) is 3. The minimum Gasteiger partial charge on any atom is -0.488 e. The van der Waals surface area contributed by atoms with Crippen molar-refractivity contribution in [2.45, 2.75) is 58.6 Å². The average Bonchev–Trinajstić information content (AvgIpc) is 3.26. The van der Waals surface area contributed by atoms with Gasteiger partial charge in [0.15, 0.2) is 5.78 Å². The third kappa shape index (κ3) is 4.61. The normalized spacial score (nSPS) is 14.6. The number of imidazole rings is 1. The Balaban J connectivity index is 1.64. The van der Waals surface area contributed by atoms with Gasteiger partial charge in [-0.1, -0.05) is 13.8 Å². The zero-order valence-corrected chi connectivity index (χ0v) is 17.8. The van der Waals surface area contributed by atoms with Crippen LogP contribution in [0.3, 0.4) is 0 Å². The number of rotatable bonds is 8. The lowest BCUT2D eigenvalue weighted by atomic mass is 9.85. The summed E-state index contributed by atoms with van der Waals surface area (Å²) < 4.78 is 8.66. The van der Waals surface area contributed by atoms with Crippen LogP contribution in [0.25, 0.3) is 0 Å². The Kier molecular flexibility index (Phi) is 6.26. The molecule has 0 radical (unpaired) electrons. The van der Waals surface area contributed by atoms with Crippen molar-refractivity contribution >= 4 is 5.78 Å². The second-order valence-electron chi connectivity index (χ2n) is 8.36. The summed E-state index contributed by atoms with van der Waals surface area (Å²) in [5.74, 6) is 1.52. The molecule has 0 fully saturated rings. The van der Waals surface area contributed by atoms with E-state index < -0.39 is 0 Å². The van der Waals surface area contributed by atoms with Gasteiger partial charge < -0.3 is 9.30 Å². The number of hydrogen-bond acceptors (Lipinski definition) is 4. The van der Waals surface area contributed by atoms with Crippen molar-refractivity contribution in [3.8, 4) is 5.75 Å². The maximum Gasteiger partial charge on any atom is 0.163 e. The molecule has 156 valence electrons. The smallest absolute Gasteiger partial charge is 0.163 e. The Morgan fingerprint density at radius 1 is 1.03 bits per heavy atom. The molecule has 2 heterocycles. The van der Waals surface area contributed by atoms with Crippen molar-refractivity contribution < 1.29 is 9.53 Å². The van der Waals surface area contributed by atoms with E-state index in [0.717, 1.165) is 43.5 Å². The average molecular weight is 404 g/mol. The van der Waals surface area contributed by atoms with Gasteiger partial charge in [0.05, 0.1) is 12.9 Å². The van der Waals surface area contributed by atoms with Gasteiger partial charge in [-0.05, 0) is 72.6 Å². The monoisotopic (exact) mass is 403 g/mol. The predicted molar refractivity (Wildman–Crippen MR) is 117 cm³/mol.